The van der Waals surface area contributed by atoms with E-state index in [4.69, 9.17) is 5.26 Å². The monoisotopic (exact) mass is 320 g/mol. The summed E-state index contributed by atoms with van der Waals surface area (Å²) in [5.41, 5.74) is 2.62. The molecule has 0 aliphatic carbocycles. The molecule has 2 rings (SSSR count). The van der Waals surface area contributed by atoms with Gasteiger partial charge in [0.1, 0.15) is 11.6 Å². The van der Waals surface area contributed by atoms with Crippen molar-refractivity contribution in [3.05, 3.63) is 65.7 Å². The SMILES string of the molecule is CCOC(=O)NC(=O)/C(C#N)=C\c1ccc(-c2ccccc2)cc1. The number of nitriles is 1. The molecular formula is C19H16N2O3. The fourth-order valence-corrected chi connectivity index (χ4v) is 2.04. The standard InChI is InChI=1S/C19H16N2O3/c1-2-24-19(23)21-18(22)17(13-20)12-14-8-10-16(11-9-14)15-6-4-3-5-7-15/h3-12H,2H2,1H3,(H,21,22,23)/b17-12-. The second kappa shape index (κ2) is 8.30. The van der Waals surface area contributed by atoms with Crippen molar-refractivity contribution in [1.82, 2.24) is 5.32 Å². The quantitative estimate of drug-likeness (QED) is 0.690. The zero-order valence-corrected chi connectivity index (χ0v) is 13.2. The molecule has 0 saturated carbocycles. The number of hydrogen-bond donors (Lipinski definition) is 1. The summed E-state index contributed by atoms with van der Waals surface area (Å²) in [5, 5.41) is 11.1. The Kier molecular flexibility index (Phi) is 5.87. The Morgan fingerprint density at radius 1 is 1.08 bits per heavy atom. The summed E-state index contributed by atoms with van der Waals surface area (Å²) in [6.45, 7) is 1.77. The molecule has 2 aromatic carbocycles. The van der Waals surface area contributed by atoms with Crippen molar-refractivity contribution in [3.8, 4) is 17.2 Å². The van der Waals surface area contributed by atoms with Crippen LogP contribution in [0.1, 0.15) is 12.5 Å². The van der Waals surface area contributed by atoms with Crippen LogP contribution in [0.5, 0.6) is 0 Å². The van der Waals surface area contributed by atoms with Gasteiger partial charge in [-0.1, -0.05) is 54.6 Å². The van der Waals surface area contributed by atoms with E-state index in [0.29, 0.717) is 5.56 Å². The predicted octanol–water partition coefficient (Wildman–Crippen LogP) is 3.53. The molecule has 2 aromatic rings. The molecule has 0 atom stereocenters. The first-order valence-corrected chi connectivity index (χ1v) is 7.39. The maximum atomic E-state index is 11.8. The molecule has 120 valence electrons. The molecule has 1 N–H and O–H groups in total. The van der Waals surface area contributed by atoms with Crippen molar-refractivity contribution in [2.45, 2.75) is 6.92 Å². The van der Waals surface area contributed by atoms with Gasteiger partial charge in [0.25, 0.3) is 5.91 Å². The van der Waals surface area contributed by atoms with Crippen molar-refractivity contribution in [1.29, 1.82) is 5.26 Å². The highest BCUT2D eigenvalue weighted by Crippen LogP contribution is 2.20. The molecule has 0 spiro atoms. The molecule has 0 saturated heterocycles. The largest absolute Gasteiger partial charge is 0.450 e. The number of amides is 2. The van der Waals surface area contributed by atoms with Gasteiger partial charge >= 0.3 is 6.09 Å². The minimum Gasteiger partial charge on any atom is -0.450 e. The summed E-state index contributed by atoms with van der Waals surface area (Å²) in [7, 11) is 0. The first kappa shape index (κ1) is 17.0. The van der Waals surface area contributed by atoms with Gasteiger partial charge in [-0.3, -0.25) is 10.1 Å². The fraction of sp³-hybridized carbons (Fsp3) is 0.105. The number of ether oxygens (including phenoxy) is 1. The van der Waals surface area contributed by atoms with Gasteiger partial charge in [0.05, 0.1) is 6.61 Å². The maximum Gasteiger partial charge on any atom is 0.414 e. The van der Waals surface area contributed by atoms with E-state index >= 15 is 0 Å². The summed E-state index contributed by atoms with van der Waals surface area (Å²) in [5.74, 6) is -0.789. The Hall–Kier alpha value is -3.39. The van der Waals surface area contributed by atoms with E-state index in [1.54, 1.807) is 25.1 Å². The summed E-state index contributed by atoms with van der Waals surface area (Å²) < 4.78 is 4.61. The third-order valence-electron chi connectivity index (χ3n) is 3.18. The van der Waals surface area contributed by atoms with Gasteiger partial charge in [0, 0.05) is 0 Å². The van der Waals surface area contributed by atoms with E-state index < -0.39 is 12.0 Å². The summed E-state index contributed by atoms with van der Waals surface area (Å²) in [6.07, 6.45) is 0.548. The van der Waals surface area contributed by atoms with Gasteiger partial charge in [-0.05, 0) is 29.7 Å². The lowest BCUT2D eigenvalue weighted by molar-refractivity contribution is -0.116. The van der Waals surface area contributed by atoms with Crippen LogP contribution in [-0.2, 0) is 9.53 Å². The lowest BCUT2D eigenvalue weighted by Crippen LogP contribution is -2.31. The van der Waals surface area contributed by atoms with Crippen molar-refractivity contribution < 1.29 is 14.3 Å². The predicted molar refractivity (Wildman–Crippen MR) is 90.6 cm³/mol. The molecule has 0 unspecified atom stereocenters. The van der Waals surface area contributed by atoms with Gasteiger partial charge < -0.3 is 4.74 Å². The molecule has 0 radical (unpaired) electrons. The topological polar surface area (TPSA) is 79.2 Å². The molecule has 0 aliphatic heterocycles. The first-order valence-electron chi connectivity index (χ1n) is 7.39. The molecule has 0 fully saturated rings. The molecule has 2 amide bonds. The number of carbonyl (C=O) groups excluding carboxylic acids is 2. The van der Waals surface area contributed by atoms with Crippen LogP contribution in [0.15, 0.2) is 60.2 Å². The molecular weight excluding hydrogens is 304 g/mol. The molecule has 0 heterocycles. The molecule has 0 bridgehead atoms. The number of rotatable bonds is 4. The Morgan fingerprint density at radius 3 is 2.29 bits per heavy atom. The third kappa shape index (κ3) is 4.55. The smallest absolute Gasteiger partial charge is 0.414 e. The second-order valence-corrected chi connectivity index (χ2v) is 4.83. The number of alkyl carbamates (subject to hydrolysis) is 1. The Labute approximate surface area is 140 Å². The number of nitrogens with zero attached hydrogens (tertiary/aromatic N) is 1. The van der Waals surface area contributed by atoms with Crippen LogP contribution in [0.4, 0.5) is 4.79 Å². The highest BCUT2D eigenvalue weighted by molar-refractivity contribution is 6.07. The van der Waals surface area contributed by atoms with Crippen molar-refractivity contribution in [2.75, 3.05) is 6.61 Å². The summed E-state index contributed by atoms with van der Waals surface area (Å²) >= 11 is 0. The second-order valence-electron chi connectivity index (χ2n) is 4.83. The highest BCUT2D eigenvalue weighted by Gasteiger charge is 2.13. The number of nitrogens with one attached hydrogen (secondary N) is 1. The molecule has 0 aromatic heterocycles. The van der Waals surface area contributed by atoms with Crippen molar-refractivity contribution in [2.24, 2.45) is 0 Å². The minimum absolute atomic E-state index is 0.145. The third-order valence-corrected chi connectivity index (χ3v) is 3.18. The lowest BCUT2D eigenvalue weighted by Gasteiger charge is -2.04. The van der Waals surface area contributed by atoms with Gasteiger partial charge in [0.2, 0.25) is 0 Å². The van der Waals surface area contributed by atoms with Crippen LogP contribution in [0.3, 0.4) is 0 Å². The van der Waals surface area contributed by atoms with E-state index in [-0.39, 0.29) is 12.2 Å². The fourth-order valence-electron chi connectivity index (χ4n) is 2.04. The molecule has 0 aliphatic rings. The average Bonchev–Trinajstić information content (AvgIpc) is 2.61. The number of carbonyl (C=O) groups is 2. The molecule has 24 heavy (non-hydrogen) atoms. The summed E-state index contributed by atoms with van der Waals surface area (Å²) in [4.78, 5) is 23.1. The van der Waals surface area contributed by atoms with Crippen molar-refractivity contribution >= 4 is 18.1 Å². The number of benzene rings is 2. The molecule has 5 nitrogen and oxygen atoms in total. The Balaban J connectivity index is 2.15. The number of hydrogen-bond acceptors (Lipinski definition) is 4. The maximum absolute atomic E-state index is 11.8. The van der Waals surface area contributed by atoms with Crippen LogP contribution in [0.2, 0.25) is 0 Å². The molecule has 5 heteroatoms. The zero-order chi connectivity index (χ0) is 17.4. The van der Waals surface area contributed by atoms with Crippen LogP contribution >= 0.6 is 0 Å². The minimum atomic E-state index is -0.872. The van der Waals surface area contributed by atoms with Gasteiger partial charge in [0.15, 0.2) is 0 Å². The van der Waals surface area contributed by atoms with E-state index in [9.17, 15) is 9.59 Å². The highest BCUT2D eigenvalue weighted by atomic mass is 16.5. The normalized spacial score (nSPS) is 10.6. The summed E-state index contributed by atoms with van der Waals surface area (Å²) in [6, 6.07) is 19.0. The van der Waals surface area contributed by atoms with E-state index in [1.807, 2.05) is 47.8 Å². The van der Waals surface area contributed by atoms with Crippen molar-refractivity contribution in [3.63, 3.8) is 0 Å². The van der Waals surface area contributed by atoms with Gasteiger partial charge in [-0.25, -0.2) is 4.79 Å². The first-order chi connectivity index (χ1) is 11.6. The van der Waals surface area contributed by atoms with E-state index in [0.717, 1.165) is 11.1 Å². The van der Waals surface area contributed by atoms with E-state index in [1.165, 1.54) is 6.08 Å². The average molecular weight is 320 g/mol. The van der Waals surface area contributed by atoms with Crippen LogP contribution in [0, 0.1) is 11.3 Å². The van der Waals surface area contributed by atoms with Gasteiger partial charge in [-0.15, -0.1) is 0 Å². The van der Waals surface area contributed by atoms with Crippen LogP contribution in [-0.4, -0.2) is 18.6 Å². The Bertz CT molecular complexity index is 788. The van der Waals surface area contributed by atoms with E-state index in [2.05, 4.69) is 4.74 Å². The van der Waals surface area contributed by atoms with Gasteiger partial charge in [-0.2, -0.15) is 5.26 Å². The Morgan fingerprint density at radius 2 is 1.71 bits per heavy atom. The zero-order valence-electron chi connectivity index (χ0n) is 13.2. The number of imide groups is 1. The lowest BCUT2D eigenvalue weighted by atomic mass is 10.0. The van der Waals surface area contributed by atoms with Crippen LogP contribution < -0.4 is 5.32 Å². The van der Waals surface area contributed by atoms with Crippen LogP contribution in [0.25, 0.3) is 17.2 Å².